The first-order valence-electron chi connectivity index (χ1n) is 5.52. The monoisotopic (exact) mass is 237 g/mol. The normalized spacial score (nSPS) is 11.2. The van der Waals surface area contributed by atoms with Crippen molar-refractivity contribution in [1.29, 1.82) is 0 Å². The minimum absolute atomic E-state index is 0.0960. The Morgan fingerprint density at radius 1 is 1.41 bits per heavy atom. The molecule has 94 valence electrons. The molecule has 0 aliphatic heterocycles. The third kappa shape index (κ3) is 4.36. The van der Waals surface area contributed by atoms with Crippen molar-refractivity contribution >= 4 is 11.7 Å². The molecule has 17 heavy (non-hydrogen) atoms. The minimum atomic E-state index is -0.576. The molecule has 0 saturated carbocycles. The molecule has 0 aliphatic rings. The molecule has 0 unspecified atom stereocenters. The van der Waals surface area contributed by atoms with E-state index in [1.165, 1.54) is 0 Å². The molecular formula is C11H19N5O. The highest BCUT2D eigenvalue weighted by atomic mass is 16.1. The second-order valence-corrected chi connectivity index (χ2v) is 4.72. The lowest BCUT2D eigenvalue weighted by atomic mass is 9.89. The fourth-order valence-corrected chi connectivity index (χ4v) is 1.37. The Labute approximate surface area is 101 Å². The summed E-state index contributed by atoms with van der Waals surface area (Å²) in [5, 5.41) is 10.7. The van der Waals surface area contributed by atoms with Crippen LogP contribution in [0.2, 0.25) is 0 Å². The molecule has 0 bridgehead atoms. The lowest BCUT2D eigenvalue weighted by Crippen LogP contribution is -2.26. The van der Waals surface area contributed by atoms with Gasteiger partial charge in [-0.1, -0.05) is 13.8 Å². The summed E-state index contributed by atoms with van der Waals surface area (Å²) in [6.07, 6.45) is 0.923. The number of aromatic nitrogens is 2. The lowest BCUT2D eigenvalue weighted by Gasteiger charge is -2.24. The van der Waals surface area contributed by atoms with Gasteiger partial charge >= 0.3 is 0 Å². The number of carbonyl (C=O) groups is 1. The van der Waals surface area contributed by atoms with E-state index in [-0.39, 0.29) is 11.1 Å². The summed E-state index contributed by atoms with van der Waals surface area (Å²) in [7, 11) is 0. The second kappa shape index (κ2) is 5.58. The van der Waals surface area contributed by atoms with Crippen molar-refractivity contribution in [2.75, 3.05) is 18.4 Å². The Kier molecular flexibility index (Phi) is 4.39. The van der Waals surface area contributed by atoms with E-state index < -0.39 is 5.91 Å². The van der Waals surface area contributed by atoms with Gasteiger partial charge in [0.25, 0.3) is 5.91 Å². The summed E-state index contributed by atoms with van der Waals surface area (Å²) < 4.78 is 0. The highest BCUT2D eigenvalue weighted by molar-refractivity contribution is 5.90. The van der Waals surface area contributed by atoms with Gasteiger partial charge in [-0.15, -0.1) is 10.2 Å². The van der Waals surface area contributed by atoms with Crippen LogP contribution in [-0.4, -0.2) is 29.2 Å². The van der Waals surface area contributed by atoms with E-state index in [4.69, 9.17) is 11.5 Å². The van der Waals surface area contributed by atoms with Gasteiger partial charge in [0.1, 0.15) is 5.82 Å². The maximum Gasteiger partial charge on any atom is 0.269 e. The van der Waals surface area contributed by atoms with Crippen LogP contribution in [0.3, 0.4) is 0 Å². The van der Waals surface area contributed by atoms with E-state index in [1.54, 1.807) is 12.1 Å². The van der Waals surface area contributed by atoms with Gasteiger partial charge in [-0.05, 0) is 30.5 Å². The highest BCUT2D eigenvalue weighted by Crippen LogP contribution is 2.19. The van der Waals surface area contributed by atoms with Gasteiger partial charge in [-0.25, -0.2) is 0 Å². The van der Waals surface area contributed by atoms with E-state index in [2.05, 4.69) is 29.4 Å². The fraction of sp³-hybridized carbons (Fsp3) is 0.545. The van der Waals surface area contributed by atoms with E-state index in [0.717, 1.165) is 13.0 Å². The zero-order valence-corrected chi connectivity index (χ0v) is 10.2. The van der Waals surface area contributed by atoms with Gasteiger partial charge in [-0.3, -0.25) is 4.79 Å². The van der Waals surface area contributed by atoms with Crippen LogP contribution in [0.5, 0.6) is 0 Å². The molecule has 0 saturated heterocycles. The van der Waals surface area contributed by atoms with Crippen molar-refractivity contribution in [3.8, 4) is 0 Å². The molecule has 0 aliphatic carbocycles. The van der Waals surface area contributed by atoms with Gasteiger partial charge < -0.3 is 16.8 Å². The lowest BCUT2D eigenvalue weighted by molar-refractivity contribution is 0.0994. The molecule has 0 radical (unpaired) electrons. The van der Waals surface area contributed by atoms with Crippen LogP contribution in [0.25, 0.3) is 0 Å². The first kappa shape index (κ1) is 13.4. The third-order valence-corrected chi connectivity index (χ3v) is 2.49. The molecule has 5 N–H and O–H groups in total. The van der Waals surface area contributed by atoms with Gasteiger partial charge in [0.15, 0.2) is 5.69 Å². The van der Waals surface area contributed by atoms with Crippen molar-refractivity contribution < 1.29 is 4.79 Å². The molecule has 1 aromatic rings. The minimum Gasteiger partial charge on any atom is -0.368 e. The average molecular weight is 237 g/mol. The van der Waals surface area contributed by atoms with Crippen molar-refractivity contribution in [3.05, 3.63) is 17.8 Å². The SMILES string of the molecule is CC(C)(CCN)CNc1ccc(C(N)=O)nn1. The molecule has 1 rings (SSSR count). The Morgan fingerprint density at radius 2 is 2.12 bits per heavy atom. The number of hydrogen-bond donors (Lipinski definition) is 3. The first-order chi connectivity index (χ1) is 7.94. The maximum atomic E-state index is 10.8. The largest absolute Gasteiger partial charge is 0.368 e. The maximum absolute atomic E-state index is 10.8. The van der Waals surface area contributed by atoms with Gasteiger partial charge in [-0.2, -0.15) is 0 Å². The number of hydrogen-bond acceptors (Lipinski definition) is 5. The summed E-state index contributed by atoms with van der Waals surface area (Å²) in [4.78, 5) is 10.8. The summed E-state index contributed by atoms with van der Waals surface area (Å²) in [5.74, 6) is 0.0487. The Balaban J connectivity index is 2.55. The number of amides is 1. The highest BCUT2D eigenvalue weighted by Gasteiger charge is 2.16. The van der Waals surface area contributed by atoms with Gasteiger partial charge in [0.2, 0.25) is 0 Å². The van der Waals surface area contributed by atoms with Crippen LogP contribution in [0.4, 0.5) is 5.82 Å². The van der Waals surface area contributed by atoms with Crippen LogP contribution < -0.4 is 16.8 Å². The number of nitrogens with zero attached hydrogens (tertiary/aromatic N) is 2. The number of anilines is 1. The molecule has 0 spiro atoms. The second-order valence-electron chi connectivity index (χ2n) is 4.72. The molecule has 6 heteroatoms. The van der Waals surface area contributed by atoms with Crippen LogP contribution in [0.15, 0.2) is 12.1 Å². The number of nitrogens with two attached hydrogens (primary N) is 2. The van der Waals surface area contributed by atoms with Crippen LogP contribution in [0, 0.1) is 5.41 Å². The molecule has 1 aromatic heterocycles. The van der Waals surface area contributed by atoms with Gasteiger partial charge in [0.05, 0.1) is 0 Å². The van der Waals surface area contributed by atoms with Crippen molar-refractivity contribution in [2.45, 2.75) is 20.3 Å². The van der Waals surface area contributed by atoms with Crippen LogP contribution >= 0.6 is 0 Å². The van der Waals surface area contributed by atoms with Crippen LogP contribution in [-0.2, 0) is 0 Å². The topological polar surface area (TPSA) is 107 Å². The van der Waals surface area contributed by atoms with Crippen LogP contribution in [0.1, 0.15) is 30.8 Å². The molecule has 0 fully saturated rings. The van der Waals surface area contributed by atoms with E-state index in [1.807, 2.05) is 0 Å². The van der Waals surface area contributed by atoms with Crippen molar-refractivity contribution in [1.82, 2.24) is 10.2 Å². The van der Waals surface area contributed by atoms with Crippen molar-refractivity contribution in [2.24, 2.45) is 16.9 Å². The molecule has 0 aromatic carbocycles. The summed E-state index contributed by atoms with van der Waals surface area (Å²) in [5.41, 5.74) is 10.9. The molecule has 1 heterocycles. The number of primary amides is 1. The summed E-state index contributed by atoms with van der Waals surface area (Å²) >= 11 is 0. The quantitative estimate of drug-likeness (QED) is 0.662. The Bertz CT molecular complexity index is 374. The smallest absolute Gasteiger partial charge is 0.269 e. The molecule has 0 atom stereocenters. The third-order valence-electron chi connectivity index (χ3n) is 2.49. The average Bonchev–Trinajstić information content (AvgIpc) is 2.27. The van der Waals surface area contributed by atoms with E-state index in [9.17, 15) is 4.79 Å². The summed E-state index contributed by atoms with van der Waals surface area (Å²) in [6.45, 7) is 5.64. The zero-order chi connectivity index (χ0) is 12.9. The molecule has 1 amide bonds. The predicted molar refractivity (Wildman–Crippen MR) is 66.5 cm³/mol. The number of nitrogens with one attached hydrogen (secondary N) is 1. The Morgan fingerprint density at radius 3 is 2.59 bits per heavy atom. The van der Waals surface area contributed by atoms with E-state index in [0.29, 0.717) is 12.4 Å². The number of carbonyl (C=O) groups excluding carboxylic acids is 1. The van der Waals surface area contributed by atoms with Crippen molar-refractivity contribution in [3.63, 3.8) is 0 Å². The Hall–Kier alpha value is -1.69. The van der Waals surface area contributed by atoms with Gasteiger partial charge in [0, 0.05) is 6.54 Å². The standard InChI is InChI=1S/C11H19N5O/c1-11(2,5-6-12)7-14-9-4-3-8(10(13)17)15-16-9/h3-4H,5-7,12H2,1-2H3,(H2,13,17)(H,14,16). The fourth-order valence-electron chi connectivity index (χ4n) is 1.37. The van der Waals surface area contributed by atoms with E-state index >= 15 is 0 Å². The first-order valence-corrected chi connectivity index (χ1v) is 5.52. The molecular weight excluding hydrogens is 218 g/mol. The predicted octanol–water partition coefficient (Wildman–Crippen LogP) is 0.362. The molecule has 6 nitrogen and oxygen atoms in total. The summed E-state index contributed by atoms with van der Waals surface area (Å²) in [6, 6.07) is 3.24. The zero-order valence-electron chi connectivity index (χ0n) is 10.2. The number of rotatable bonds is 6.